The lowest BCUT2D eigenvalue weighted by atomic mass is 9.79. The van der Waals surface area contributed by atoms with Gasteiger partial charge in [0.25, 0.3) is 0 Å². The van der Waals surface area contributed by atoms with Crippen LogP contribution in [0.5, 0.6) is 0 Å². The molecule has 0 N–H and O–H groups in total. The van der Waals surface area contributed by atoms with Gasteiger partial charge in [0, 0.05) is 18.1 Å². The van der Waals surface area contributed by atoms with Crippen LogP contribution in [-0.2, 0) is 9.31 Å². The predicted octanol–water partition coefficient (Wildman–Crippen LogP) is 2.21. The Morgan fingerprint density at radius 2 is 1.88 bits per heavy atom. The van der Waals surface area contributed by atoms with Crippen molar-refractivity contribution in [3.05, 3.63) is 24.4 Å². The van der Waals surface area contributed by atoms with Gasteiger partial charge in [0.05, 0.1) is 22.8 Å². The average molecular weight is 327 g/mol. The summed E-state index contributed by atoms with van der Waals surface area (Å²) in [4.78, 5) is 2.35. The first-order chi connectivity index (χ1) is 11.2. The highest BCUT2D eigenvalue weighted by Gasteiger charge is 2.51. The SMILES string of the molecule is CN1CCC(n2cc3ccc(B4OC(C)(C)C(C)(C)O4)cc3n2)C1. The summed E-state index contributed by atoms with van der Waals surface area (Å²) in [6.07, 6.45) is 3.32. The number of likely N-dealkylation sites (N-methyl/N-ethyl adjacent to an activating group) is 1. The van der Waals surface area contributed by atoms with Crippen molar-refractivity contribution in [2.75, 3.05) is 20.1 Å². The van der Waals surface area contributed by atoms with Gasteiger partial charge in [0.15, 0.2) is 0 Å². The average Bonchev–Trinajstić information content (AvgIpc) is 3.15. The maximum absolute atomic E-state index is 6.16. The molecule has 1 aromatic carbocycles. The van der Waals surface area contributed by atoms with Crippen molar-refractivity contribution in [3.63, 3.8) is 0 Å². The molecular formula is C18H26BN3O2. The molecule has 2 saturated heterocycles. The monoisotopic (exact) mass is 327 g/mol. The summed E-state index contributed by atoms with van der Waals surface area (Å²) < 4.78 is 14.4. The number of benzene rings is 1. The first-order valence-electron chi connectivity index (χ1n) is 8.78. The standard InChI is InChI=1S/C18H26BN3O2/c1-17(2)18(3,4)24-19(23-17)14-7-6-13-11-22(20-16(13)10-14)15-8-9-21(5)12-15/h6-7,10-11,15H,8-9,12H2,1-5H3. The highest BCUT2D eigenvalue weighted by atomic mass is 16.7. The molecule has 0 spiro atoms. The Bertz CT molecular complexity index is 755. The molecule has 2 aromatic rings. The van der Waals surface area contributed by atoms with Crippen LogP contribution in [0.25, 0.3) is 10.9 Å². The van der Waals surface area contributed by atoms with Gasteiger partial charge in [-0.05, 0) is 59.2 Å². The minimum absolute atomic E-state index is 0.319. The lowest BCUT2D eigenvalue weighted by molar-refractivity contribution is 0.00578. The predicted molar refractivity (Wildman–Crippen MR) is 96.6 cm³/mol. The Balaban J connectivity index is 1.62. The van der Waals surface area contributed by atoms with E-state index in [1.165, 1.54) is 5.39 Å². The molecule has 3 heterocycles. The van der Waals surface area contributed by atoms with Crippen LogP contribution in [0.1, 0.15) is 40.2 Å². The van der Waals surface area contributed by atoms with E-state index in [1.54, 1.807) is 0 Å². The summed E-state index contributed by atoms with van der Waals surface area (Å²) in [5.41, 5.74) is 1.41. The number of rotatable bonds is 2. The Labute approximate surface area is 144 Å². The van der Waals surface area contributed by atoms with E-state index in [4.69, 9.17) is 14.4 Å². The highest BCUT2D eigenvalue weighted by Crippen LogP contribution is 2.36. The maximum Gasteiger partial charge on any atom is 0.494 e. The maximum atomic E-state index is 6.16. The second-order valence-corrected chi connectivity index (χ2v) is 8.22. The van der Waals surface area contributed by atoms with Gasteiger partial charge < -0.3 is 14.2 Å². The molecule has 24 heavy (non-hydrogen) atoms. The molecule has 0 amide bonds. The molecule has 1 aromatic heterocycles. The van der Waals surface area contributed by atoms with Gasteiger partial charge >= 0.3 is 7.12 Å². The first-order valence-corrected chi connectivity index (χ1v) is 8.78. The molecule has 5 nitrogen and oxygen atoms in total. The minimum Gasteiger partial charge on any atom is -0.399 e. The molecule has 0 bridgehead atoms. The van der Waals surface area contributed by atoms with E-state index in [9.17, 15) is 0 Å². The van der Waals surface area contributed by atoms with Crippen LogP contribution in [0.4, 0.5) is 0 Å². The highest BCUT2D eigenvalue weighted by molar-refractivity contribution is 6.62. The van der Waals surface area contributed by atoms with Crippen LogP contribution in [0.3, 0.4) is 0 Å². The molecule has 2 aliphatic rings. The van der Waals surface area contributed by atoms with E-state index in [0.717, 1.165) is 30.5 Å². The minimum atomic E-state index is -0.331. The van der Waals surface area contributed by atoms with E-state index in [1.807, 2.05) is 0 Å². The zero-order valence-electron chi connectivity index (χ0n) is 15.2. The molecule has 1 atom stereocenters. The van der Waals surface area contributed by atoms with Crippen molar-refractivity contribution in [1.29, 1.82) is 0 Å². The van der Waals surface area contributed by atoms with Gasteiger partial charge in [-0.15, -0.1) is 0 Å². The smallest absolute Gasteiger partial charge is 0.399 e. The van der Waals surface area contributed by atoms with Gasteiger partial charge in [0.1, 0.15) is 0 Å². The summed E-state index contributed by atoms with van der Waals surface area (Å²) in [5.74, 6) is 0. The Morgan fingerprint density at radius 3 is 2.50 bits per heavy atom. The largest absolute Gasteiger partial charge is 0.494 e. The zero-order valence-corrected chi connectivity index (χ0v) is 15.2. The summed E-state index contributed by atoms with van der Waals surface area (Å²) >= 11 is 0. The van der Waals surface area contributed by atoms with E-state index in [2.05, 4.69) is 68.7 Å². The van der Waals surface area contributed by atoms with Crippen molar-refractivity contribution >= 4 is 23.5 Å². The fraction of sp³-hybridized carbons (Fsp3) is 0.611. The summed E-state index contributed by atoms with van der Waals surface area (Å²) in [6, 6.07) is 6.80. The van der Waals surface area contributed by atoms with Gasteiger partial charge in [-0.2, -0.15) is 5.10 Å². The van der Waals surface area contributed by atoms with Crippen molar-refractivity contribution in [2.24, 2.45) is 0 Å². The van der Waals surface area contributed by atoms with Crippen molar-refractivity contribution < 1.29 is 9.31 Å². The van der Waals surface area contributed by atoms with E-state index in [-0.39, 0.29) is 18.3 Å². The van der Waals surface area contributed by atoms with Crippen LogP contribution >= 0.6 is 0 Å². The molecule has 6 heteroatoms. The van der Waals surface area contributed by atoms with Crippen molar-refractivity contribution in [2.45, 2.75) is 51.4 Å². The third kappa shape index (κ3) is 2.57. The summed E-state index contributed by atoms with van der Waals surface area (Å²) in [6.45, 7) is 10.5. The van der Waals surface area contributed by atoms with Gasteiger partial charge in [0.2, 0.25) is 0 Å². The van der Waals surface area contributed by atoms with Crippen LogP contribution in [-0.4, -0.2) is 53.1 Å². The molecule has 2 aliphatic heterocycles. The molecule has 128 valence electrons. The molecule has 1 unspecified atom stereocenters. The fourth-order valence-corrected chi connectivity index (χ4v) is 3.49. The van der Waals surface area contributed by atoms with E-state index < -0.39 is 0 Å². The van der Waals surface area contributed by atoms with Crippen LogP contribution < -0.4 is 5.46 Å². The van der Waals surface area contributed by atoms with E-state index >= 15 is 0 Å². The lowest BCUT2D eigenvalue weighted by Gasteiger charge is -2.32. The second-order valence-electron chi connectivity index (χ2n) is 8.22. The molecule has 0 aliphatic carbocycles. The Kier molecular flexibility index (Phi) is 3.57. The van der Waals surface area contributed by atoms with Crippen LogP contribution in [0.2, 0.25) is 0 Å². The van der Waals surface area contributed by atoms with Crippen LogP contribution in [0.15, 0.2) is 24.4 Å². The van der Waals surface area contributed by atoms with Crippen molar-refractivity contribution in [3.8, 4) is 0 Å². The molecule has 4 rings (SSSR count). The third-order valence-corrected chi connectivity index (χ3v) is 5.82. The van der Waals surface area contributed by atoms with Gasteiger partial charge in [-0.25, -0.2) is 0 Å². The summed E-state index contributed by atoms with van der Waals surface area (Å²) in [7, 11) is 1.83. The lowest BCUT2D eigenvalue weighted by Crippen LogP contribution is -2.41. The normalized spacial score (nSPS) is 26.5. The van der Waals surface area contributed by atoms with Crippen LogP contribution in [0, 0.1) is 0 Å². The number of aromatic nitrogens is 2. The first kappa shape index (κ1) is 16.1. The number of likely N-dealkylation sites (tertiary alicyclic amines) is 1. The Morgan fingerprint density at radius 1 is 1.17 bits per heavy atom. The molecule has 0 radical (unpaired) electrons. The molecular weight excluding hydrogens is 301 g/mol. The number of hydrogen-bond donors (Lipinski definition) is 0. The Hall–Kier alpha value is -1.37. The van der Waals surface area contributed by atoms with E-state index in [0.29, 0.717) is 6.04 Å². The topological polar surface area (TPSA) is 39.5 Å². The molecule has 0 saturated carbocycles. The number of fused-ring (bicyclic) bond motifs is 1. The zero-order chi connectivity index (χ0) is 17.1. The van der Waals surface area contributed by atoms with Gasteiger partial charge in [-0.3, -0.25) is 4.68 Å². The van der Waals surface area contributed by atoms with Crippen molar-refractivity contribution in [1.82, 2.24) is 14.7 Å². The number of hydrogen-bond acceptors (Lipinski definition) is 4. The fourth-order valence-electron chi connectivity index (χ4n) is 3.49. The summed E-state index contributed by atoms with van der Waals surface area (Å²) in [5, 5.41) is 5.98. The number of nitrogens with zero attached hydrogens (tertiary/aromatic N) is 3. The molecule has 2 fully saturated rings. The third-order valence-electron chi connectivity index (χ3n) is 5.82. The second kappa shape index (κ2) is 5.31. The van der Waals surface area contributed by atoms with Gasteiger partial charge in [-0.1, -0.05) is 12.1 Å². The quantitative estimate of drug-likeness (QED) is 0.793.